The molecule has 4 heteroatoms. The summed E-state index contributed by atoms with van der Waals surface area (Å²) in [7, 11) is 1.66. The van der Waals surface area contributed by atoms with Gasteiger partial charge in [0.25, 0.3) is 0 Å². The first-order valence-electron chi connectivity index (χ1n) is 5.83. The first kappa shape index (κ1) is 12.7. The number of rotatable bonds is 4. The van der Waals surface area contributed by atoms with E-state index in [1.807, 2.05) is 18.2 Å². The van der Waals surface area contributed by atoms with Gasteiger partial charge in [-0.3, -0.25) is 0 Å². The van der Waals surface area contributed by atoms with Gasteiger partial charge in [0.2, 0.25) is 0 Å². The lowest BCUT2D eigenvalue weighted by molar-refractivity contribution is 0.0493. The molecule has 0 N–H and O–H groups in total. The third kappa shape index (κ3) is 3.61. The van der Waals surface area contributed by atoms with E-state index in [1.165, 1.54) is 0 Å². The standard InChI is InChI=1S/C13H17BrO3/c1-15-12-3-2-11(14)8-13(12)17-9-10-4-6-16-7-5-10/h2-3,8,10H,4-7,9H2,1H3. The number of hydrogen-bond donors (Lipinski definition) is 0. The summed E-state index contributed by atoms with van der Waals surface area (Å²) in [4.78, 5) is 0. The smallest absolute Gasteiger partial charge is 0.162 e. The fourth-order valence-corrected chi connectivity index (χ4v) is 2.22. The van der Waals surface area contributed by atoms with Crippen LogP contribution in [0.3, 0.4) is 0 Å². The van der Waals surface area contributed by atoms with E-state index in [2.05, 4.69) is 15.9 Å². The maximum Gasteiger partial charge on any atom is 0.162 e. The Labute approximate surface area is 110 Å². The second kappa shape index (κ2) is 6.26. The molecule has 1 fully saturated rings. The Bertz CT molecular complexity index is 362. The molecule has 0 saturated carbocycles. The lowest BCUT2D eigenvalue weighted by Crippen LogP contribution is -2.21. The minimum absolute atomic E-state index is 0.590. The predicted octanol–water partition coefficient (Wildman–Crippen LogP) is 3.26. The Hall–Kier alpha value is -0.740. The van der Waals surface area contributed by atoms with Crippen LogP contribution in [0.5, 0.6) is 11.5 Å². The first-order chi connectivity index (χ1) is 8.29. The van der Waals surface area contributed by atoms with Gasteiger partial charge in [0.15, 0.2) is 11.5 Å². The van der Waals surface area contributed by atoms with Crippen LogP contribution in [0.25, 0.3) is 0 Å². The molecule has 0 aromatic heterocycles. The van der Waals surface area contributed by atoms with Gasteiger partial charge >= 0.3 is 0 Å². The fourth-order valence-electron chi connectivity index (χ4n) is 1.88. The molecule has 1 aromatic rings. The summed E-state index contributed by atoms with van der Waals surface area (Å²) in [6.07, 6.45) is 2.16. The van der Waals surface area contributed by atoms with Crippen molar-refractivity contribution in [1.29, 1.82) is 0 Å². The van der Waals surface area contributed by atoms with Crippen LogP contribution in [0.2, 0.25) is 0 Å². The fraction of sp³-hybridized carbons (Fsp3) is 0.538. The Morgan fingerprint density at radius 2 is 2.06 bits per heavy atom. The Morgan fingerprint density at radius 3 is 2.76 bits per heavy atom. The molecule has 0 bridgehead atoms. The van der Waals surface area contributed by atoms with E-state index in [1.54, 1.807) is 7.11 Å². The van der Waals surface area contributed by atoms with Gasteiger partial charge in [0.05, 0.1) is 13.7 Å². The zero-order chi connectivity index (χ0) is 12.1. The van der Waals surface area contributed by atoms with E-state index in [0.717, 1.165) is 48.6 Å². The van der Waals surface area contributed by atoms with E-state index >= 15 is 0 Å². The van der Waals surface area contributed by atoms with Gasteiger partial charge < -0.3 is 14.2 Å². The molecule has 0 aliphatic carbocycles. The highest BCUT2D eigenvalue weighted by Gasteiger charge is 2.15. The van der Waals surface area contributed by atoms with Crippen LogP contribution in [-0.2, 0) is 4.74 Å². The maximum absolute atomic E-state index is 5.84. The van der Waals surface area contributed by atoms with Gasteiger partial charge in [-0.2, -0.15) is 0 Å². The summed E-state index contributed by atoms with van der Waals surface area (Å²) in [5, 5.41) is 0. The monoisotopic (exact) mass is 300 g/mol. The summed E-state index contributed by atoms with van der Waals surface area (Å²) >= 11 is 3.44. The third-order valence-corrected chi connectivity index (χ3v) is 3.43. The second-order valence-corrected chi connectivity index (χ2v) is 5.08. The molecule has 1 aliphatic rings. The number of halogens is 1. The summed E-state index contributed by atoms with van der Waals surface area (Å²) in [6.45, 7) is 2.43. The second-order valence-electron chi connectivity index (χ2n) is 4.16. The highest BCUT2D eigenvalue weighted by Crippen LogP contribution is 2.31. The van der Waals surface area contributed by atoms with Crippen molar-refractivity contribution >= 4 is 15.9 Å². The molecule has 17 heavy (non-hydrogen) atoms. The van der Waals surface area contributed by atoms with Crippen molar-refractivity contribution in [3.05, 3.63) is 22.7 Å². The van der Waals surface area contributed by atoms with Crippen molar-refractivity contribution in [2.24, 2.45) is 5.92 Å². The van der Waals surface area contributed by atoms with Crippen LogP contribution >= 0.6 is 15.9 Å². The molecule has 0 unspecified atom stereocenters. The van der Waals surface area contributed by atoms with Crippen molar-refractivity contribution in [3.8, 4) is 11.5 Å². The average Bonchev–Trinajstić information content (AvgIpc) is 2.38. The van der Waals surface area contributed by atoms with Gasteiger partial charge in [-0.15, -0.1) is 0 Å². The molecule has 0 amide bonds. The third-order valence-electron chi connectivity index (χ3n) is 2.94. The largest absolute Gasteiger partial charge is 0.493 e. The van der Waals surface area contributed by atoms with E-state index < -0.39 is 0 Å². The number of ether oxygens (including phenoxy) is 3. The van der Waals surface area contributed by atoms with Crippen LogP contribution in [0.4, 0.5) is 0 Å². The van der Waals surface area contributed by atoms with Gasteiger partial charge in [0.1, 0.15) is 0 Å². The highest BCUT2D eigenvalue weighted by molar-refractivity contribution is 9.10. The molecular weight excluding hydrogens is 284 g/mol. The molecule has 0 radical (unpaired) electrons. The number of hydrogen-bond acceptors (Lipinski definition) is 3. The summed E-state index contributed by atoms with van der Waals surface area (Å²) in [6, 6.07) is 5.79. The van der Waals surface area contributed by atoms with Gasteiger partial charge in [-0.05, 0) is 37.0 Å². The minimum atomic E-state index is 0.590. The van der Waals surface area contributed by atoms with E-state index in [9.17, 15) is 0 Å². The summed E-state index contributed by atoms with van der Waals surface area (Å²) in [5.74, 6) is 2.17. The quantitative estimate of drug-likeness (QED) is 0.854. The lowest BCUT2D eigenvalue weighted by Gasteiger charge is -2.22. The first-order valence-corrected chi connectivity index (χ1v) is 6.63. The van der Waals surface area contributed by atoms with E-state index in [0.29, 0.717) is 5.92 Å². The normalized spacial score (nSPS) is 16.8. The molecule has 3 nitrogen and oxygen atoms in total. The Kier molecular flexibility index (Phi) is 4.68. The van der Waals surface area contributed by atoms with Crippen molar-refractivity contribution in [2.75, 3.05) is 26.9 Å². The highest BCUT2D eigenvalue weighted by atomic mass is 79.9. The molecule has 0 atom stereocenters. The molecule has 0 spiro atoms. The van der Waals surface area contributed by atoms with Crippen molar-refractivity contribution in [2.45, 2.75) is 12.8 Å². The Balaban J connectivity index is 1.95. The summed E-state index contributed by atoms with van der Waals surface area (Å²) < 4.78 is 17.4. The molecule has 94 valence electrons. The molecule has 1 saturated heterocycles. The Morgan fingerprint density at radius 1 is 1.29 bits per heavy atom. The van der Waals surface area contributed by atoms with Crippen LogP contribution in [-0.4, -0.2) is 26.9 Å². The van der Waals surface area contributed by atoms with Gasteiger partial charge in [-0.1, -0.05) is 15.9 Å². The molecular formula is C13H17BrO3. The molecule has 1 aromatic carbocycles. The molecule has 1 aliphatic heterocycles. The van der Waals surface area contributed by atoms with Gasteiger partial charge in [-0.25, -0.2) is 0 Å². The molecule has 1 heterocycles. The lowest BCUT2D eigenvalue weighted by atomic mass is 10.0. The topological polar surface area (TPSA) is 27.7 Å². The number of benzene rings is 1. The average molecular weight is 301 g/mol. The van der Waals surface area contributed by atoms with E-state index in [-0.39, 0.29) is 0 Å². The summed E-state index contributed by atoms with van der Waals surface area (Å²) in [5.41, 5.74) is 0. The maximum atomic E-state index is 5.84. The van der Waals surface area contributed by atoms with Crippen molar-refractivity contribution < 1.29 is 14.2 Å². The van der Waals surface area contributed by atoms with Crippen molar-refractivity contribution in [3.63, 3.8) is 0 Å². The minimum Gasteiger partial charge on any atom is -0.493 e. The SMILES string of the molecule is COc1ccc(Br)cc1OCC1CCOCC1. The number of methoxy groups -OCH3 is 1. The zero-order valence-corrected chi connectivity index (χ0v) is 11.5. The zero-order valence-electron chi connectivity index (χ0n) is 9.95. The van der Waals surface area contributed by atoms with Crippen LogP contribution in [0.15, 0.2) is 22.7 Å². The van der Waals surface area contributed by atoms with Crippen molar-refractivity contribution in [1.82, 2.24) is 0 Å². The van der Waals surface area contributed by atoms with E-state index in [4.69, 9.17) is 14.2 Å². The molecule has 2 rings (SSSR count). The van der Waals surface area contributed by atoms with Crippen LogP contribution in [0.1, 0.15) is 12.8 Å². The predicted molar refractivity (Wildman–Crippen MR) is 69.7 cm³/mol. The van der Waals surface area contributed by atoms with Crippen LogP contribution in [0, 0.1) is 5.92 Å². The van der Waals surface area contributed by atoms with Gasteiger partial charge in [0, 0.05) is 17.7 Å². The van der Waals surface area contributed by atoms with Crippen LogP contribution < -0.4 is 9.47 Å².